The van der Waals surface area contributed by atoms with Gasteiger partial charge in [0, 0.05) is 18.8 Å². The van der Waals surface area contributed by atoms with Crippen LogP contribution < -0.4 is 9.47 Å². The highest BCUT2D eigenvalue weighted by molar-refractivity contribution is 5.86. The molecule has 5 heteroatoms. The summed E-state index contributed by atoms with van der Waals surface area (Å²) in [5.41, 5.74) is 0.504. The van der Waals surface area contributed by atoms with Crippen LogP contribution >= 0.6 is 0 Å². The van der Waals surface area contributed by atoms with E-state index in [1.165, 1.54) is 7.11 Å². The summed E-state index contributed by atoms with van der Waals surface area (Å²) in [4.78, 5) is 12.0. The lowest BCUT2D eigenvalue weighted by Crippen LogP contribution is -2.52. The molecule has 5 nitrogen and oxygen atoms in total. The van der Waals surface area contributed by atoms with Gasteiger partial charge in [0.05, 0.1) is 12.5 Å². The van der Waals surface area contributed by atoms with E-state index in [0.717, 1.165) is 49.4 Å². The summed E-state index contributed by atoms with van der Waals surface area (Å²) in [6.07, 6.45) is 3.42. The van der Waals surface area contributed by atoms with Gasteiger partial charge in [-0.1, -0.05) is 6.07 Å². The maximum absolute atomic E-state index is 12.0. The van der Waals surface area contributed by atoms with Crippen LogP contribution in [0.1, 0.15) is 31.2 Å². The molecule has 1 aromatic carbocycles. The van der Waals surface area contributed by atoms with Gasteiger partial charge < -0.3 is 18.9 Å². The number of fused-ring (bicyclic) bond motifs is 1. The Morgan fingerprint density at radius 1 is 1.32 bits per heavy atom. The van der Waals surface area contributed by atoms with Gasteiger partial charge >= 0.3 is 5.97 Å². The first kappa shape index (κ1) is 13.9. The van der Waals surface area contributed by atoms with Crippen LogP contribution in [0.3, 0.4) is 0 Å². The third-order valence-corrected chi connectivity index (χ3v) is 5.05. The largest absolute Gasteiger partial charge is 0.468 e. The quantitative estimate of drug-likeness (QED) is 0.630. The van der Waals surface area contributed by atoms with E-state index < -0.39 is 11.2 Å². The van der Waals surface area contributed by atoms with Crippen molar-refractivity contribution >= 4 is 5.97 Å². The Morgan fingerprint density at radius 3 is 2.68 bits per heavy atom. The molecule has 0 saturated heterocycles. The first-order valence-electron chi connectivity index (χ1n) is 7.77. The van der Waals surface area contributed by atoms with Gasteiger partial charge in [-0.05, 0) is 30.5 Å². The van der Waals surface area contributed by atoms with E-state index in [1.54, 1.807) is 0 Å². The van der Waals surface area contributed by atoms with Crippen molar-refractivity contribution in [1.82, 2.24) is 0 Å². The minimum atomic E-state index is -0.502. The summed E-state index contributed by atoms with van der Waals surface area (Å²) < 4.78 is 21.2. The molecule has 2 aliphatic carbocycles. The van der Waals surface area contributed by atoms with Gasteiger partial charge in [-0.25, -0.2) is 0 Å². The first-order valence-corrected chi connectivity index (χ1v) is 7.77. The summed E-state index contributed by atoms with van der Waals surface area (Å²) in [7, 11) is 3.28. The molecule has 2 fully saturated rings. The molecular formula is C17H21O5+. The van der Waals surface area contributed by atoms with Gasteiger partial charge in [0.25, 0.3) is 5.79 Å². The van der Waals surface area contributed by atoms with Crippen LogP contribution in [0.15, 0.2) is 18.2 Å². The molecule has 4 rings (SSSR count). The van der Waals surface area contributed by atoms with E-state index in [4.69, 9.17) is 14.2 Å². The number of esters is 1. The molecule has 2 saturated carbocycles. The molecule has 1 heterocycles. The number of benzene rings is 1. The smallest absolute Gasteiger partial charge is 0.316 e. The Balaban J connectivity index is 1.53. The van der Waals surface area contributed by atoms with Gasteiger partial charge in [-0.2, -0.15) is 0 Å². The minimum Gasteiger partial charge on any atom is -0.468 e. The molecule has 0 atom stereocenters. The van der Waals surface area contributed by atoms with Gasteiger partial charge in [0.1, 0.15) is 13.7 Å². The van der Waals surface area contributed by atoms with E-state index in [0.29, 0.717) is 5.92 Å². The highest BCUT2D eigenvalue weighted by Crippen LogP contribution is 2.54. The summed E-state index contributed by atoms with van der Waals surface area (Å²) in [6.45, 7) is 0.863. The Kier molecular flexibility index (Phi) is 2.92. The van der Waals surface area contributed by atoms with Crippen LogP contribution in [0.25, 0.3) is 0 Å². The van der Waals surface area contributed by atoms with Crippen LogP contribution in [-0.4, -0.2) is 37.3 Å². The lowest BCUT2D eigenvalue weighted by molar-refractivity contribution is -0.191. The van der Waals surface area contributed by atoms with Crippen LogP contribution in [0.5, 0.6) is 11.5 Å². The zero-order chi connectivity index (χ0) is 15.4. The van der Waals surface area contributed by atoms with Crippen molar-refractivity contribution in [2.24, 2.45) is 5.92 Å². The molecule has 0 bridgehead atoms. The van der Waals surface area contributed by atoms with E-state index in [2.05, 4.69) is 4.74 Å². The standard InChI is InChI=1S/C17H20O5/c1-19-10-11-8-17(9-11)21-13-4-3-12(7-14(13)22-17)16(5-6-16)15(18)20-2/h3-4,7,11H,5-6,8-10H2,1-2H3/p+1. The summed E-state index contributed by atoms with van der Waals surface area (Å²) >= 11 is 0. The monoisotopic (exact) mass is 305 g/mol. The van der Waals surface area contributed by atoms with Gasteiger partial charge in [-0.3, -0.25) is 4.79 Å². The number of carbonyl (C=O) groups is 1. The Labute approximate surface area is 129 Å². The molecule has 3 aliphatic rings. The van der Waals surface area contributed by atoms with E-state index in [9.17, 15) is 4.79 Å². The molecule has 22 heavy (non-hydrogen) atoms. The van der Waals surface area contributed by atoms with Crippen molar-refractivity contribution in [2.75, 3.05) is 20.8 Å². The molecular weight excluding hydrogens is 284 g/mol. The number of hydrogen-bond acceptors (Lipinski definition) is 4. The van der Waals surface area contributed by atoms with Crippen LogP contribution in [0.2, 0.25) is 0 Å². The fourth-order valence-corrected chi connectivity index (χ4v) is 3.70. The fraction of sp³-hybridized carbons (Fsp3) is 0.588. The SMILES string of the molecule is COC(=O)C1(c2ccc3c(c2)OC2(CC(C[OH+]C)C2)O3)CC1. The zero-order valence-electron chi connectivity index (χ0n) is 12.9. The number of ether oxygens (including phenoxy) is 4. The van der Waals surface area contributed by atoms with Gasteiger partial charge in [0.15, 0.2) is 11.5 Å². The number of methoxy groups -OCH3 is 1. The molecule has 0 radical (unpaired) electrons. The second-order valence-corrected chi connectivity index (χ2v) is 6.62. The normalized spacial score (nSPS) is 30.0. The molecule has 1 spiro atoms. The second kappa shape index (κ2) is 4.62. The van der Waals surface area contributed by atoms with Crippen LogP contribution in [0, 0.1) is 5.92 Å². The van der Waals surface area contributed by atoms with E-state index >= 15 is 0 Å². The van der Waals surface area contributed by atoms with Crippen molar-refractivity contribution in [3.05, 3.63) is 23.8 Å². The molecule has 118 valence electrons. The molecule has 0 aromatic heterocycles. The van der Waals surface area contributed by atoms with E-state index in [-0.39, 0.29) is 5.97 Å². The Hall–Kier alpha value is -1.75. The molecule has 1 aliphatic heterocycles. The topological polar surface area (TPSA) is 57.6 Å². The second-order valence-electron chi connectivity index (χ2n) is 6.62. The van der Waals surface area contributed by atoms with Crippen molar-refractivity contribution < 1.29 is 23.7 Å². The minimum absolute atomic E-state index is 0.158. The predicted molar refractivity (Wildman–Crippen MR) is 79.1 cm³/mol. The average Bonchev–Trinajstić information content (AvgIpc) is 3.20. The highest BCUT2D eigenvalue weighted by atomic mass is 16.7. The summed E-state index contributed by atoms with van der Waals surface area (Å²) in [6, 6.07) is 5.83. The number of hydrogen-bond donors (Lipinski definition) is 0. The predicted octanol–water partition coefficient (Wildman–Crippen LogP) is 1.93. The average molecular weight is 305 g/mol. The number of aliphatic hydroxyl groups is 2. The zero-order valence-corrected chi connectivity index (χ0v) is 12.9. The van der Waals surface area contributed by atoms with Crippen LogP contribution in [0.4, 0.5) is 0 Å². The lowest BCUT2D eigenvalue weighted by Gasteiger charge is -2.40. The van der Waals surface area contributed by atoms with Gasteiger partial charge in [0.2, 0.25) is 0 Å². The van der Waals surface area contributed by atoms with E-state index in [1.807, 2.05) is 25.3 Å². The first-order chi connectivity index (χ1) is 10.6. The molecule has 1 N–H and O–H groups in total. The Morgan fingerprint density at radius 2 is 2.05 bits per heavy atom. The molecule has 1 aromatic rings. The van der Waals surface area contributed by atoms with Gasteiger partial charge in [-0.15, -0.1) is 0 Å². The van der Waals surface area contributed by atoms with Crippen LogP contribution in [-0.2, 0) is 14.9 Å². The molecule has 0 unspecified atom stereocenters. The van der Waals surface area contributed by atoms with Crippen molar-refractivity contribution in [3.63, 3.8) is 0 Å². The third-order valence-electron chi connectivity index (χ3n) is 5.05. The van der Waals surface area contributed by atoms with Crippen molar-refractivity contribution in [1.29, 1.82) is 0 Å². The fourth-order valence-electron chi connectivity index (χ4n) is 3.70. The summed E-state index contributed by atoms with van der Waals surface area (Å²) in [5.74, 6) is 1.41. The van der Waals surface area contributed by atoms with Crippen molar-refractivity contribution in [3.8, 4) is 11.5 Å². The number of rotatable bonds is 4. The highest BCUT2D eigenvalue weighted by Gasteiger charge is 2.56. The molecule has 0 amide bonds. The third kappa shape index (κ3) is 1.92. The maximum Gasteiger partial charge on any atom is 0.316 e. The maximum atomic E-state index is 12.0. The van der Waals surface area contributed by atoms with Crippen molar-refractivity contribution in [2.45, 2.75) is 36.9 Å². The lowest BCUT2D eigenvalue weighted by atomic mass is 9.79. The summed E-state index contributed by atoms with van der Waals surface area (Å²) in [5, 5.41) is 0. The Bertz CT molecular complexity index is 613. The number of carbonyl (C=O) groups excluding carboxylic acids is 1.